The summed E-state index contributed by atoms with van der Waals surface area (Å²) >= 11 is 0. The summed E-state index contributed by atoms with van der Waals surface area (Å²) in [5.74, 6) is -0.337. The summed E-state index contributed by atoms with van der Waals surface area (Å²) in [6, 6.07) is 0.311. The van der Waals surface area contributed by atoms with Crippen molar-refractivity contribution < 1.29 is 14.3 Å². The molecule has 2 aliphatic rings. The number of ether oxygens (including phenoxy) is 2. The third-order valence-corrected chi connectivity index (χ3v) is 3.94. The van der Waals surface area contributed by atoms with Crippen molar-refractivity contribution >= 4 is 6.03 Å². The second-order valence-electron chi connectivity index (χ2n) is 5.00. The Balaban J connectivity index is 1.78. The predicted octanol–water partition coefficient (Wildman–Crippen LogP) is 1.72. The maximum atomic E-state index is 11.9. The van der Waals surface area contributed by atoms with Crippen LogP contribution in [-0.2, 0) is 9.47 Å². The first-order valence-electron chi connectivity index (χ1n) is 7.02. The highest BCUT2D eigenvalue weighted by molar-refractivity contribution is 5.74. The van der Waals surface area contributed by atoms with E-state index in [1.165, 1.54) is 0 Å². The lowest BCUT2D eigenvalue weighted by molar-refractivity contribution is -0.179. The third-order valence-electron chi connectivity index (χ3n) is 3.94. The largest absolute Gasteiger partial charge is 0.348 e. The van der Waals surface area contributed by atoms with E-state index < -0.39 is 0 Å². The summed E-state index contributed by atoms with van der Waals surface area (Å²) in [6.07, 6.45) is 3.65. The third kappa shape index (κ3) is 2.95. The Labute approximate surface area is 109 Å². The van der Waals surface area contributed by atoms with Crippen LogP contribution in [-0.4, -0.2) is 49.1 Å². The zero-order chi connectivity index (χ0) is 13.0. The zero-order valence-corrected chi connectivity index (χ0v) is 11.4. The van der Waals surface area contributed by atoms with Crippen LogP contribution in [0, 0.1) is 0 Å². The van der Waals surface area contributed by atoms with Crippen LogP contribution >= 0.6 is 0 Å². The summed E-state index contributed by atoms with van der Waals surface area (Å²) < 4.78 is 11.4. The Bertz CT molecular complexity index is 276. The molecule has 1 aliphatic heterocycles. The van der Waals surface area contributed by atoms with Crippen LogP contribution in [0.5, 0.6) is 0 Å². The molecule has 1 spiro atoms. The minimum atomic E-state index is -0.337. The zero-order valence-electron chi connectivity index (χ0n) is 11.4. The van der Waals surface area contributed by atoms with Gasteiger partial charge in [-0.25, -0.2) is 4.79 Å². The van der Waals surface area contributed by atoms with E-state index in [0.717, 1.165) is 38.8 Å². The van der Waals surface area contributed by atoms with Crippen molar-refractivity contribution in [1.82, 2.24) is 10.2 Å². The van der Waals surface area contributed by atoms with Gasteiger partial charge in [0.15, 0.2) is 5.79 Å². The van der Waals surface area contributed by atoms with E-state index in [4.69, 9.17) is 9.47 Å². The van der Waals surface area contributed by atoms with Crippen molar-refractivity contribution in [1.29, 1.82) is 0 Å². The number of carbonyl (C=O) groups excluding carboxylic acids is 1. The maximum absolute atomic E-state index is 11.9. The Hall–Kier alpha value is -0.810. The molecule has 0 bridgehead atoms. The van der Waals surface area contributed by atoms with Gasteiger partial charge in [-0.1, -0.05) is 0 Å². The lowest BCUT2D eigenvalue weighted by atomic mass is 9.90. The molecule has 2 fully saturated rings. The fraction of sp³-hybridized carbons (Fsp3) is 0.923. The molecule has 2 rings (SSSR count). The smallest absolute Gasteiger partial charge is 0.317 e. The van der Waals surface area contributed by atoms with Crippen LogP contribution in [0.4, 0.5) is 4.79 Å². The first-order chi connectivity index (χ1) is 8.69. The summed E-state index contributed by atoms with van der Waals surface area (Å²) in [4.78, 5) is 13.8. The highest BCUT2D eigenvalue weighted by Crippen LogP contribution is 2.35. The highest BCUT2D eigenvalue weighted by atomic mass is 16.7. The molecule has 5 heteroatoms. The summed E-state index contributed by atoms with van der Waals surface area (Å²) in [6.45, 7) is 6.92. The minimum absolute atomic E-state index is 0.0502. The Kier molecular flexibility index (Phi) is 4.45. The van der Waals surface area contributed by atoms with Gasteiger partial charge in [-0.2, -0.15) is 0 Å². The Morgan fingerprint density at radius 3 is 2.28 bits per heavy atom. The van der Waals surface area contributed by atoms with Crippen LogP contribution in [0.2, 0.25) is 0 Å². The normalized spacial score (nSPS) is 23.2. The molecular weight excluding hydrogens is 232 g/mol. The average Bonchev–Trinajstić information content (AvgIpc) is 2.83. The van der Waals surface area contributed by atoms with Gasteiger partial charge < -0.3 is 19.7 Å². The van der Waals surface area contributed by atoms with Gasteiger partial charge in [0.1, 0.15) is 0 Å². The van der Waals surface area contributed by atoms with Crippen molar-refractivity contribution in [2.75, 3.05) is 26.3 Å². The number of nitrogens with zero attached hydrogens (tertiary/aromatic N) is 1. The molecule has 1 saturated heterocycles. The van der Waals surface area contributed by atoms with Crippen molar-refractivity contribution in [3.63, 3.8) is 0 Å². The topological polar surface area (TPSA) is 50.8 Å². The Morgan fingerprint density at radius 2 is 1.78 bits per heavy atom. The average molecular weight is 256 g/mol. The highest BCUT2D eigenvalue weighted by Gasteiger charge is 2.40. The van der Waals surface area contributed by atoms with Crippen LogP contribution < -0.4 is 5.32 Å². The molecule has 1 heterocycles. The molecule has 0 radical (unpaired) electrons. The van der Waals surface area contributed by atoms with E-state index >= 15 is 0 Å². The monoisotopic (exact) mass is 256 g/mol. The van der Waals surface area contributed by atoms with Crippen molar-refractivity contribution in [2.45, 2.75) is 51.4 Å². The first-order valence-corrected chi connectivity index (χ1v) is 7.02. The van der Waals surface area contributed by atoms with E-state index in [1.807, 2.05) is 18.7 Å². The maximum Gasteiger partial charge on any atom is 0.317 e. The van der Waals surface area contributed by atoms with Crippen LogP contribution in [0.1, 0.15) is 39.5 Å². The molecule has 1 saturated carbocycles. The number of amides is 2. The van der Waals surface area contributed by atoms with E-state index in [0.29, 0.717) is 13.2 Å². The molecule has 0 atom stereocenters. The number of hydrogen-bond donors (Lipinski definition) is 1. The van der Waals surface area contributed by atoms with Gasteiger partial charge in [0.05, 0.1) is 13.2 Å². The van der Waals surface area contributed by atoms with Crippen molar-refractivity contribution in [3.8, 4) is 0 Å². The molecule has 5 nitrogen and oxygen atoms in total. The fourth-order valence-electron chi connectivity index (χ4n) is 2.76. The van der Waals surface area contributed by atoms with Crippen LogP contribution in [0.25, 0.3) is 0 Å². The van der Waals surface area contributed by atoms with E-state index in [1.54, 1.807) is 0 Å². The number of rotatable bonds is 3. The SMILES string of the molecule is CCN(CC)C(=O)NC1CCC2(CC1)OCCO2. The van der Waals surface area contributed by atoms with Gasteiger partial charge in [-0.05, 0) is 26.7 Å². The molecule has 0 aromatic carbocycles. The van der Waals surface area contributed by atoms with Crippen molar-refractivity contribution in [2.24, 2.45) is 0 Å². The fourth-order valence-corrected chi connectivity index (χ4v) is 2.76. The van der Waals surface area contributed by atoms with E-state index in [2.05, 4.69) is 5.32 Å². The van der Waals surface area contributed by atoms with Gasteiger partial charge in [0.25, 0.3) is 0 Å². The van der Waals surface area contributed by atoms with E-state index in [9.17, 15) is 4.79 Å². The second kappa shape index (κ2) is 5.89. The molecule has 2 amide bonds. The molecule has 1 N–H and O–H groups in total. The van der Waals surface area contributed by atoms with Gasteiger partial charge >= 0.3 is 6.03 Å². The number of hydrogen-bond acceptors (Lipinski definition) is 3. The van der Waals surface area contributed by atoms with Crippen LogP contribution in [0.15, 0.2) is 0 Å². The second-order valence-corrected chi connectivity index (χ2v) is 5.00. The molecule has 0 aromatic rings. The van der Waals surface area contributed by atoms with E-state index in [-0.39, 0.29) is 17.9 Å². The number of carbonyl (C=O) groups is 1. The molecule has 1 aliphatic carbocycles. The van der Waals surface area contributed by atoms with Gasteiger partial charge in [0, 0.05) is 32.0 Å². The van der Waals surface area contributed by atoms with Gasteiger partial charge in [0.2, 0.25) is 0 Å². The van der Waals surface area contributed by atoms with Crippen molar-refractivity contribution in [3.05, 3.63) is 0 Å². The predicted molar refractivity (Wildman–Crippen MR) is 68.3 cm³/mol. The quantitative estimate of drug-likeness (QED) is 0.836. The molecule has 104 valence electrons. The minimum Gasteiger partial charge on any atom is -0.348 e. The summed E-state index contributed by atoms with van der Waals surface area (Å²) in [7, 11) is 0. The lowest BCUT2D eigenvalue weighted by Gasteiger charge is -2.36. The van der Waals surface area contributed by atoms with Gasteiger partial charge in [-0.3, -0.25) is 0 Å². The van der Waals surface area contributed by atoms with Gasteiger partial charge in [-0.15, -0.1) is 0 Å². The number of urea groups is 1. The molecule has 18 heavy (non-hydrogen) atoms. The molecular formula is C13H24N2O3. The lowest BCUT2D eigenvalue weighted by Crippen LogP contribution is -2.48. The first kappa shape index (κ1) is 13.6. The molecule has 0 unspecified atom stereocenters. The number of nitrogens with one attached hydrogen (secondary N) is 1. The summed E-state index contributed by atoms with van der Waals surface area (Å²) in [5, 5.41) is 3.10. The van der Waals surface area contributed by atoms with Crippen LogP contribution in [0.3, 0.4) is 0 Å². The standard InChI is InChI=1S/C13H24N2O3/c1-3-15(4-2)12(16)14-11-5-7-13(8-6-11)17-9-10-18-13/h11H,3-10H2,1-2H3,(H,14,16). The summed E-state index contributed by atoms with van der Waals surface area (Å²) in [5.41, 5.74) is 0. The molecule has 0 aromatic heterocycles. The Morgan fingerprint density at radius 1 is 1.22 bits per heavy atom.